The van der Waals surface area contributed by atoms with Crippen molar-refractivity contribution in [2.24, 2.45) is 17.8 Å². The van der Waals surface area contributed by atoms with Gasteiger partial charge in [0.1, 0.15) is 11.2 Å². The number of nitrogens with zero attached hydrogens (tertiary/aromatic N) is 3. The predicted octanol–water partition coefficient (Wildman–Crippen LogP) is 14.5. The minimum absolute atomic E-state index is 0.138. The topological polar surface area (TPSA) is 51.8 Å². The van der Waals surface area contributed by atoms with Gasteiger partial charge in [0.2, 0.25) is 0 Å². The number of fused-ring (bicyclic) bond motifs is 12. The first-order valence-corrected chi connectivity index (χ1v) is 23.0. The lowest BCUT2D eigenvalue weighted by Gasteiger charge is -2.49. The van der Waals surface area contributed by atoms with Crippen molar-refractivity contribution >= 4 is 21.9 Å². The Morgan fingerprint density at radius 2 is 0.789 bits per heavy atom. The molecule has 2 aromatic heterocycles. The Bertz CT molecular complexity index is 2320. The van der Waals surface area contributed by atoms with Gasteiger partial charge < -0.3 is 4.42 Å². The van der Waals surface area contributed by atoms with Gasteiger partial charge in [0.05, 0.1) is 0 Å². The van der Waals surface area contributed by atoms with Crippen LogP contribution in [0.15, 0.2) is 89.3 Å². The first kappa shape index (κ1) is 35.8. The zero-order valence-corrected chi connectivity index (χ0v) is 34.3. The van der Waals surface area contributed by atoms with E-state index in [1.54, 1.807) is 11.1 Å². The normalized spacial score (nSPS) is 30.1. The van der Waals surface area contributed by atoms with E-state index in [0.29, 0.717) is 5.41 Å². The van der Waals surface area contributed by atoms with Crippen molar-refractivity contribution in [1.29, 1.82) is 0 Å². The third-order valence-corrected chi connectivity index (χ3v) is 16.7. The summed E-state index contributed by atoms with van der Waals surface area (Å²) in [7, 11) is 0. The van der Waals surface area contributed by atoms with E-state index in [2.05, 4.69) is 84.9 Å². The molecule has 0 atom stereocenters. The zero-order valence-electron chi connectivity index (χ0n) is 34.3. The van der Waals surface area contributed by atoms with Crippen LogP contribution < -0.4 is 0 Å². The van der Waals surface area contributed by atoms with Gasteiger partial charge in [0.25, 0.3) is 0 Å². The summed E-state index contributed by atoms with van der Waals surface area (Å²) in [6.45, 7) is 4.00. The second-order valence-corrected chi connectivity index (χ2v) is 19.2. The highest BCUT2D eigenvalue weighted by Crippen LogP contribution is 2.59. The summed E-state index contributed by atoms with van der Waals surface area (Å²) in [6, 6.07) is 31.2. The van der Waals surface area contributed by atoms with E-state index in [1.165, 1.54) is 137 Å². The molecule has 2 heterocycles. The summed E-state index contributed by atoms with van der Waals surface area (Å²) in [5, 5.41) is 2.65. The van der Waals surface area contributed by atoms with E-state index in [4.69, 9.17) is 19.4 Å². The fraction of sp³-hybridized carbons (Fsp3) is 0.491. The van der Waals surface area contributed by atoms with Crippen LogP contribution in [0.1, 0.15) is 146 Å². The van der Waals surface area contributed by atoms with Crippen LogP contribution in [0, 0.1) is 17.8 Å². The minimum atomic E-state index is 0.138. The molecule has 4 nitrogen and oxygen atoms in total. The summed E-state index contributed by atoms with van der Waals surface area (Å²) < 4.78 is 7.55. The number of rotatable bonds is 6. The molecule has 0 radical (unpaired) electrons. The average Bonchev–Trinajstić information content (AvgIpc) is 3.70. The van der Waals surface area contributed by atoms with Gasteiger partial charge in [-0.15, -0.1) is 0 Å². The van der Waals surface area contributed by atoms with Crippen LogP contribution in [0.5, 0.6) is 0 Å². The Kier molecular flexibility index (Phi) is 8.75. The zero-order chi connectivity index (χ0) is 38.2. The van der Waals surface area contributed by atoms with E-state index >= 15 is 0 Å². The standard InChI is InChI=1S/C51H53N3O.C2H6/c1-3-7-36(8-4-1)46-52-47(37-9-5-2-6-10-37)54-48(53-46)38-29-40-41-31-39(49-20-11-33(12-21-49)13-22-49)32-43(51-26-17-35(18-27-51)19-28-51)45(41)55-44(40)42(30-38)50-23-14-34(15-24-50)16-25-50;1-2/h1-10,29-35H,11-28H2;1-2H3. The molecular formula is C53H59N3O. The van der Waals surface area contributed by atoms with Crippen molar-refractivity contribution in [1.82, 2.24) is 15.0 Å². The average molecular weight is 754 g/mol. The predicted molar refractivity (Wildman–Crippen MR) is 233 cm³/mol. The van der Waals surface area contributed by atoms with Crippen LogP contribution in [0.4, 0.5) is 0 Å². The Balaban J connectivity index is 0.00000184. The minimum Gasteiger partial charge on any atom is -0.455 e. The Labute approximate surface area is 339 Å². The third-order valence-electron chi connectivity index (χ3n) is 16.7. The molecule has 6 aromatic rings. The monoisotopic (exact) mass is 753 g/mol. The van der Waals surface area contributed by atoms with Crippen LogP contribution in [0.2, 0.25) is 0 Å². The molecule has 0 unspecified atom stereocenters. The van der Waals surface area contributed by atoms with Gasteiger partial charge in [-0.25, -0.2) is 15.0 Å². The Hall–Kier alpha value is -4.31. The van der Waals surface area contributed by atoms with Crippen LogP contribution >= 0.6 is 0 Å². The lowest BCUT2D eigenvalue weighted by Crippen LogP contribution is -2.40. The molecule has 57 heavy (non-hydrogen) atoms. The molecule has 9 fully saturated rings. The van der Waals surface area contributed by atoms with Gasteiger partial charge in [-0.2, -0.15) is 0 Å². The van der Waals surface area contributed by atoms with E-state index in [9.17, 15) is 0 Å². The van der Waals surface area contributed by atoms with Gasteiger partial charge in [-0.05, 0) is 173 Å². The van der Waals surface area contributed by atoms with Crippen LogP contribution in [0.3, 0.4) is 0 Å². The van der Waals surface area contributed by atoms with Gasteiger partial charge in [-0.3, -0.25) is 0 Å². The molecule has 4 heteroatoms. The Morgan fingerprint density at radius 1 is 0.421 bits per heavy atom. The lowest BCUT2D eigenvalue weighted by atomic mass is 9.55. The first-order valence-electron chi connectivity index (χ1n) is 23.0. The Morgan fingerprint density at radius 3 is 1.23 bits per heavy atom. The highest BCUT2D eigenvalue weighted by atomic mass is 16.3. The summed E-state index contributed by atoms with van der Waals surface area (Å²) >= 11 is 0. The SMILES string of the molecule is CC.c1ccc(-c2nc(-c3ccccc3)nc(-c3cc(C45CCC(CC4)CC5)c4oc5c(C67CCC(CC6)CC7)cc(C67CCC(CC6)CC7)cc5c4c3)n2)cc1. The molecule has 9 saturated carbocycles. The van der Waals surface area contributed by atoms with Crippen molar-refractivity contribution < 1.29 is 4.42 Å². The number of hydrogen-bond acceptors (Lipinski definition) is 4. The quantitative estimate of drug-likeness (QED) is 0.170. The molecule has 0 aliphatic heterocycles. The summed E-state index contributed by atoms with van der Waals surface area (Å²) in [5.74, 6) is 4.98. The van der Waals surface area contributed by atoms with Crippen LogP contribution in [-0.4, -0.2) is 15.0 Å². The summed E-state index contributed by atoms with van der Waals surface area (Å²) in [4.78, 5) is 15.7. The maximum atomic E-state index is 7.55. The van der Waals surface area contributed by atoms with E-state index in [0.717, 1.165) is 57.5 Å². The van der Waals surface area contributed by atoms with Crippen molar-refractivity contribution in [3.05, 3.63) is 102 Å². The van der Waals surface area contributed by atoms with Crippen LogP contribution in [-0.2, 0) is 16.2 Å². The second kappa shape index (κ2) is 13.9. The third kappa shape index (κ3) is 5.85. The highest BCUT2D eigenvalue weighted by Gasteiger charge is 2.48. The van der Waals surface area contributed by atoms with E-state index in [-0.39, 0.29) is 10.8 Å². The van der Waals surface area contributed by atoms with Crippen molar-refractivity contribution in [3.8, 4) is 34.2 Å². The molecule has 6 bridgehead atoms. The first-order chi connectivity index (χ1) is 28.1. The maximum absolute atomic E-state index is 7.55. The van der Waals surface area contributed by atoms with E-state index < -0.39 is 0 Å². The molecule has 0 amide bonds. The van der Waals surface area contributed by atoms with Gasteiger partial charge in [0, 0.05) is 38.6 Å². The van der Waals surface area contributed by atoms with Crippen molar-refractivity contribution in [2.75, 3.05) is 0 Å². The van der Waals surface area contributed by atoms with E-state index in [1.807, 2.05) is 13.8 Å². The fourth-order valence-electron chi connectivity index (χ4n) is 13.1. The van der Waals surface area contributed by atoms with Gasteiger partial charge >= 0.3 is 0 Å². The van der Waals surface area contributed by atoms with Crippen LogP contribution in [0.25, 0.3) is 56.1 Å². The highest BCUT2D eigenvalue weighted by molar-refractivity contribution is 6.09. The molecule has 9 aliphatic carbocycles. The number of benzene rings is 4. The number of hydrogen-bond donors (Lipinski definition) is 0. The molecular weight excluding hydrogens is 695 g/mol. The van der Waals surface area contributed by atoms with Crippen molar-refractivity contribution in [3.63, 3.8) is 0 Å². The largest absolute Gasteiger partial charge is 0.455 e. The smallest absolute Gasteiger partial charge is 0.164 e. The molecule has 292 valence electrons. The molecule has 0 saturated heterocycles. The molecule has 15 rings (SSSR count). The molecule has 4 aromatic carbocycles. The lowest BCUT2D eigenvalue weighted by molar-refractivity contribution is 0.130. The fourth-order valence-corrected chi connectivity index (χ4v) is 13.1. The molecule has 0 spiro atoms. The summed E-state index contributed by atoms with van der Waals surface area (Å²) in [5.41, 5.74) is 10.8. The molecule has 9 aliphatic rings. The van der Waals surface area contributed by atoms with Crippen molar-refractivity contribution in [2.45, 2.75) is 146 Å². The maximum Gasteiger partial charge on any atom is 0.164 e. The van der Waals surface area contributed by atoms with Gasteiger partial charge in [0.15, 0.2) is 17.5 Å². The van der Waals surface area contributed by atoms with Gasteiger partial charge in [-0.1, -0.05) is 80.6 Å². The number of aromatic nitrogens is 3. The molecule has 0 N–H and O–H groups in total. The second-order valence-electron chi connectivity index (χ2n) is 19.2. The summed E-state index contributed by atoms with van der Waals surface area (Å²) in [6.07, 6.45) is 24.1. The number of furan rings is 1.